The van der Waals surface area contributed by atoms with Gasteiger partial charge in [0.25, 0.3) is 0 Å². The van der Waals surface area contributed by atoms with E-state index in [1.165, 1.54) is 0 Å². The first kappa shape index (κ1) is 16.4. The van der Waals surface area contributed by atoms with Gasteiger partial charge in [0.05, 0.1) is 5.41 Å². The molecule has 1 fully saturated rings. The van der Waals surface area contributed by atoms with Crippen LogP contribution in [0.15, 0.2) is 0 Å². The molecule has 2 amide bonds. The van der Waals surface area contributed by atoms with Crippen molar-refractivity contribution in [2.75, 3.05) is 19.8 Å². The van der Waals surface area contributed by atoms with E-state index in [1.807, 2.05) is 0 Å². The number of amides is 2. The summed E-state index contributed by atoms with van der Waals surface area (Å²) in [7, 11) is 0. The topological polar surface area (TPSA) is 145 Å². The number of carboxylic acid groups (broad SMARTS) is 1. The van der Waals surface area contributed by atoms with E-state index in [4.69, 9.17) is 21.3 Å². The Labute approximate surface area is 116 Å². The summed E-state index contributed by atoms with van der Waals surface area (Å²) in [5, 5.41) is 11.5. The zero-order valence-corrected chi connectivity index (χ0v) is 11.3. The number of ether oxygens (including phenoxy) is 1. The quantitative estimate of drug-likeness (QED) is 0.452. The number of aliphatic carboxylic acids is 1. The van der Waals surface area contributed by atoms with Crippen LogP contribution in [-0.4, -0.2) is 48.7 Å². The van der Waals surface area contributed by atoms with Crippen LogP contribution in [0.4, 0.5) is 0 Å². The fourth-order valence-corrected chi connectivity index (χ4v) is 2.14. The van der Waals surface area contributed by atoms with Crippen LogP contribution in [0.2, 0.25) is 0 Å². The van der Waals surface area contributed by atoms with Gasteiger partial charge in [0, 0.05) is 26.2 Å². The summed E-state index contributed by atoms with van der Waals surface area (Å²) in [5.74, 6) is -2.20. The molecule has 114 valence electrons. The summed E-state index contributed by atoms with van der Waals surface area (Å²) in [4.78, 5) is 34.1. The second-order valence-electron chi connectivity index (χ2n) is 4.97. The van der Waals surface area contributed by atoms with Crippen molar-refractivity contribution in [3.8, 4) is 0 Å². The van der Waals surface area contributed by atoms with Gasteiger partial charge in [-0.25, -0.2) is 4.79 Å². The van der Waals surface area contributed by atoms with Crippen LogP contribution in [-0.2, 0) is 19.1 Å². The average Bonchev–Trinajstić information content (AvgIpc) is 2.43. The van der Waals surface area contributed by atoms with E-state index in [-0.39, 0.29) is 19.4 Å². The maximum atomic E-state index is 12.3. The van der Waals surface area contributed by atoms with Crippen molar-refractivity contribution in [1.82, 2.24) is 5.32 Å². The Balaban J connectivity index is 2.68. The Morgan fingerprint density at radius 1 is 1.30 bits per heavy atom. The normalized spacial score (nSPS) is 19.1. The molecule has 0 radical (unpaired) electrons. The van der Waals surface area contributed by atoms with E-state index in [0.717, 1.165) is 0 Å². The van der Waals surface area contributed by atoms with Crippen molar-refractivity contribution in [3.63, 3.8) is 0 Å². The van der Waals surface area contributed by atoms with Gasteiger partial charge in [0.1, 0.15) is 6.04 Å². The summed E-state index contributed by atoms with van der Waals surface area (Å²) >= 11 is 0. The van der Waals surface area contributed by atoms with Gasteiger partial charge in [-0.2, -0.15) is 0 Å². The molecule has 6 N–H and O–H groups in total. The van der Waals surface area contributed by atoms with Gasteiger partial charge in [-0.3, -0.25) is 9.59 Å². The fraction of sp³-hybridized carbons (Fsp3) is 0.750. The first-order valence-corrected chi connectivity index (χ1v) is 6.51. The molecule has 0 aliphatic carbocycles. The molecule has 1 unspecified atom stereocenters. The highest BCUT2D eigenvalue weighted by Gasteiger charge is 2.40. The lowest BCUT2D eigenvalue weighted by atomic mass is 9.79. The molecule has 1 atom stereocenters. The van der Waals surface area contributed by atoms with Gasteiger partial charge < -0.3 is 26.6 Å². The number of carboxylic acids is 1. The molecular weight excluding hydrogens is 266 g/mol. The van der Waals surface area contributed by atoms with Crippen molar-refractivity contribution in [3.05, 3.63) is 0 Å². The van der Waals surface area contributed by atoms with Gasteiger partial charge in [0.15, 0.2) is 0 Å². The lowest BCUT2D eigenvalue weighted by Crippen LogP contribution is -2.53. The third-order valence-electron chi connectivity index (χ3n) is 3.61. The Morgan fingerprint density at radius 3 is 2.35 bits per heavy atom. The Hall–Kier alpha value is -1.67. The molecule has 1 heterocycles. The number of rotatable bonds is 7. The molecule has 0 aromatic rings. The molecule has 0 aromatic carbocycles. The van der Waals surface area contributed by atoms with Crippen LogP contribution in [0.1, 0.15) is 25.7 Å². The number of nitrogens with one attached hydrogen (secondary N) is 1. The molecule has 0 saturated carbocycles. The fourth-order valence-electron chi connectivity index (χ4n) is 2.14. The van der Waals surface area contributed by atoms with Gasteiger partial charge in [0.2, 0.25) is 11.8 Å². The maximum Gasteiger partial charge on any atom is 0.326 e. The van der Waals surface area contributed by atoms with Crippen molar-refractivity contribution in [2.45, 2.75) is 31.7 Å². The van der Waals surface area contributed by atoms with Crippen LogP contribution in [0, 0.1) is 5.41 Å². The van der Waals surface area contributed by atoms with Crippen LogP contribution < -0.4 is 16.8 Å². The number of carbonyl (C=O) groups excluding carboxylic acids is 2. The standard InChI is InChI=1S/C12H21N3O5/c13-7-12(3-5-20-6-4-12)11(19)15-8(10(17)18)1-2-9(14)16/h8H,1-7,13H2,(H2,14,16)(H,15,19)(H,17,18). The van der Waals surface area contributed by atoms with Gasteiger partial charge in [-0.05, 0) is 19.3 Å². The minimum Gasteiger partial charge on any atom is -0.480 e. The highest BCUT2D eigenvalue weighted by atomic mass is 16.5. The van der Waals surface area contributed by atoms with Crippen LogP contribution in [0.5, 0.6) is 0 Å². The zero-order chi connectivity index (χ0) is 15.2. The van der Waals surface area contributed by atoms with E-state index in [9.17, 15) is 14.4 Å². The summed E-state index contributed by atoms with van der Waals surface area (Å²) in [6, 6.07) is -1.14. The molecule has 1 aliphatic rings. The summed E-state index contributed by atoms with van der Waals surface area (Å²) in [6.07, 6.45) is 0.776. The molecule has 8 heteroatoms. The lowest BCUT2D eigenvalue weighted by Gasteiger charge is -2.35. The molecule has 8 nitrogen and oxygen atoms in total. The van der Waals surface area contributed by atoms with E-state index >= 15 is 0 Å². The molecule has 0 aromatic heterocycles. The number of primary amides is 1. The predicted octanol–water partition coefficient (Wildman–Crippen LogP) is -1.42. The van der Waals surface area contributed by atoms with E-state index in [2.05, 4.69) is 5.32 Å². The highest BCUT2D eigenvalue weighted by molar-refractivity contribution is 5.88. The lowest BCUT2D eigenvalue weighted by molar-refractivity contribution is -0.146. The zero-order valence-electron chi connectivity index (χ0n) is 11.3. The van der Waals surface area contributed by atoms with Gasteiger partial charge in [-0.1, -0.05) is 0 Å². The minimum atomic E-state index is -1.20. The van der Waals surface area contributed by atoms with E-state index in [1.54, 1.807) is 0 Å². The van der Waals surface area contributed by atoms with Crippen molar-refractivity contribution in [1.29, 1.82) is 0 Å². The highest BCUT2D eigenvalue weighted by Crippen LogP contribution is 2.29. The molecule has 0 spiro atoms. The molecule has 1 aliphatic heterocycles. The predicted molar refractivity (Wildman–Crippen MR) is 69.5 cm³/mol. The Bertz CT molecular complexity index is 379. The third kappa shape index (κ3) is 4.17. The van der Waals surface area contributed by atoms with Crippen molar-refractivity contribution in [2.24, 2.45) is 16.9 Å². The number of carbonyl (C=O) groups is 3. The minimum absolute atomic E-state index is 0.0342. The number of hydrogen-bond acceptors (Lipinski definition) is 5. The van der Waals surface area contributed by atoms with E-state index < -0.39 is 29.2 Å². The summed E-state index contributed by atoms with van der Waals surface area (Å²) < 4.78 is 5.20. The summed E-state index contributed by atoms with van der Waals surface area (Å²) in [6.45, 7) is 0.970. The van der Waals surface area contributed by atoms with Gasteiger partial charge in [-0.15, -0.1) is 0 Å². The number of nitrogens with two attached hydrogens (primary N) is 2. The van der Waals surface area contributed by atoms with Crippen molar-refractivity contribution < 1.29 is 24.2 Å². The molecule has 20 heavy (non-hydrogen) atoms. The second kappa shape index (κ2) is 7.20. The monoisotopic (exact) mass is 287 g/mol. The first-order valence-electron chi connectivity index (χ1n) is 6.51. The molecular formula is C12H21N3O5. The van der Waals surface area contributed by atoms with Crippen LogP contribution in [0.3, 0.4) is 0 Å². The molecule has 0 bridgehead atoms. The largest absolute Gasteiger partial charge is 0.480 e. The van der Waals surface area contributed by atoms with Gasteiger partial charge >= 0.3 is 5.97 Å². The van der Waals surface area contributed by atoms with Crippen LogP contribution in [0.25, 0.3) is 0 Å². The molecule has 1 saturated heterocycles. The SMILES string of the molecule is NCC1(C(=O)NC(CCC(N)=O)C(=O)O)CCOCC1. The molecule has 1 rings (SSSR count). The number of hydrogen-bond donors (Lipinski definition) is 4. The van der Waals surface area contributed by atoms with Crippen molar-refractivity contribution >= 4 is 17.8 Å². The maximum absolute atomic E-state index is 12.3. The smallest absolute Gasteiger partial charge is 0.326 e. The average molecular weight is 287 g/mol. The summed E-state index contributed by atoms with van der Waals surface area (Å²) in [5.41, 5.74) is 9.87. The third-order valence-corrected chi connectivity index (χ3v) is 3.61. The Morgan fingerprint density at radius 2 is 1.90 bits per heavy atom. The van der Waals surface area contributed by atoms with E-state index in [0.29, 0.717) is 26.1 Å². The Kier molecular flexibility index (Phi) is 5.90. The first-order chi connectivity index (χ1) is 9.41. The second-order valence-corrected chi connectivity index (χ2v) is 4.97. The van der Waals surface area contributed by atoms with Crippen LogP contribution >= 0.6 is 0 Å².